The molecule has 12 heavy (non-hydrogen) atoms. The minimum atomic E-state index is -2.50. The lowest BCUT2D eigenvalue weighted by Crippen LogP contribution is -2.31. The summed E-state index contributed by atoms with van der Waals surface area (Å²) in [7, 11) is 1.64. The van der Waals surface area contributed by atoms with Crippen LogP contribution in [0.15, 0.2) is 6.20 Å². The predicted octanol–water partition coefficient (Wildman–Crippen LogP) is -0.0500. The first-order valence-corrected chi connectivity index (χ1v) is 3.48. The molecular formula is C6H10F2N4. The van der Waals surface area contributed by atoms with Crippen LogP contribution in [-0.4, -0.2) is 27.5 Å². The Morgan fingerprint density at radius 2 is 2.33 bits per heavy atom. The maximum atomic E-state index is 12.0. The first-order chi connectivity index (χ1) is 5.61. The summed E-state index contributed by atoms with van der Waals surface area (Å²) < 4.78 is 25.4. The van der Waals surface area contributed by atoms with Crippen LogP contribution < -0.4 is 5.73 Å². The maximum Gasteiger partial charge on any atom is 0.253 e. The van der Waals surface area contributed by atoms with Gasteiger partial charge in [0.2, 0.25) is 0 Å². The van der Waals surface area contributed by atoms with Crippen LogP contribution in [0.2, 0.25) is 0 Å². The van der Waals surface area contributed by atoms with Gasteiger partial charge in [0.25, 0.3) is 6.43 Å². The van der Waals surface area contributed by atoms with Gasteiger partial charge in [0, 0.05) is 13.5 Å². The van der Waals surface area contributed by atoms with E-state index in [1.165, 1.54) is 10.9 Å². The van der Waals surface area contributed by atoms with Crippen molar-refractivity contribution in [3.8, 4) is 0 Å². The van der Waals surface area contributed by atoms with E-state index in [-0.39, 0.29) is 6.42 Å². The number of nitrogens with zero attached hydrogens (tertiary/aromatic N) is 3. The molecule has 0 aromatic carbocycles. The summed E-state index contributed by atoms with van der Waals surface area (Å²) in [6.45, 7) is 0. The molecule has 68 valence electrons. The maximum absolute atomic E-state index is 12.0. The Hall–Kier alpha value is -1.04. The molecule has 1 unspecified atom stereocenters. The predicted molar refractivity (Wildman–Crippen MR) is 38.7 cm³/mol. The zero-order valence-corrected chi connectivity index (χ0v) is 6.61. The monoisotopic (exact) mass is 176 g/mol. The number of hydrogen-bond donors (Lipinski definition) is 1. The van der Waals surface area contributed by atoms with E-state index in [0.717, 1.165) is 0 Å². The average molecular weight is 176 g/mol. The fraction of sp³-hybridized carbons (Fsp3) is 0.667. The van der Waals surface area contributed by atoms with Crippen LogP contribution in [0.5, 0.6) is 0 Å². The first kappa shape index (κ1) is 9.05. The zero-order valence-electron chi connectivity index (χ0n) is 6.61. The lowest BCUT2D eigenvalue weighted by atomic mass is 10.2. The zero-order chi connectivity index (χ0) is 9.14. The summed E-state index contributed by atoms with van der Waals surface area (Å²) in [5.41, 5.74) is 5.77. The van der Waals surface area contributed by atoms with Crippen molar-refractivity contribution >= 4 is 0 Å². The van der Waals surface area contributed by atoms with Crippen molar-refractivity contribution in [1.82, 2.24) is 15.0 Å². The van der Waals surface area contributed by atoms with Crippen molar-refractivity contribution in [1.29, 1.82) is 0 Å². The molecule has 1 aromatic rings. The van der Waals surface area contributed by atoms with E-state index in [9.17, 15) is 8.78 Å². The summed E-state index contributed by atoms with van der Waals surface area (Å²) in [6.07, 6.45) is -0.969. The lowest BCUT2D eigenvalue weighted by molar-refractivity contribution is 0.115. The van der Waals surface area contributed by atoms with Crippen molar-refractivity contribution < 1.29 is 8.78 Å². The fourth-order valence-electron chi connectivity index (χ4n) is 0.826. The Morgan fingerprint density at radius 1 is 1.67 bits per heavy atom. The van der Waals surface area contributed by atoms with E-state index in [1.54, 1.807) is 7.05 Å². The Labute approximate surface area is 68.4 Å². The molecule has 0 aliphatic rings. The summed E-state index contributed by atoms with van der Waals surface area (Å²) in [6, 6.07) is -1.14. The third-order valence-corrected chi connectivity index (χ3v) is 1.58. The van der Waals surface area contributed by atoms with Gasteiger partial charge in [-0.05, 0) is 0 Å². The molecule has 0 saturated heterocycles. The van der Waals surface area contributed by atoms with Crippen LogP contribution in [-0.2, 0) is 13.5 Å². The molecule has 1 atom stereocenters. The summed E-state index contributed by atoms with van der Waals surface area (Å²) >= 11 is 0. The molecule has 0 saturated carbocycles. The molecule has 6 heteroatoms. The molecule has 4 nitrogen and oxygen atoms in total. The van der Waals surface area contributed by atoms with Gasteiger partial charge in [0.05, 0.1) is 17.9 Å². The molecule has 1 rings (SSSR count). The number of aryl methyl sites for hydroxylation is 1. The van der Waals surface area contributed by atoms with E-state index < -0.39 is 12.5 Å². The van der Waals surface area contributed by atoms with Gasteiger partial charge in [-0.15, -0.1) is 5.10 Å². The Morgan fingerprint density at radius 3 is 2.75 bits per heavy atom. The molecule has 0 spiro atoms. The second-order valence-corrected chi connectivity index (χ2v) is 2.55. The van der Waals surface area contributed by atoms with Crippen LogP contribution >= 0.6 is 0 Å². The largest absolute Gasteiger partial charge is 0.323 e. The van der Waals surface area contributed by atoms with Gasteiger partial charge >= 0.3 is 0 Å². The van der Waals surface area contributed by atoms with E-state index in [2.05, 4.69) is 10.3 Å². The highest BCUT2D eigenvalue weighted by Crippen LogP contribution is 2.05. The molecule has 1 heterocycles. The summed E-state index contributed by atoms with van der Waals surface area (Å²) in [5, 5.41) is 7.14. The molecule has 0 fully saturated rings. The second kappa shape index (κ2) is 3.57. The molecule has 0 aliphatic carbocycles. The van der Waals surface area contributed by atoms with E-state index >= 15 is 0 Å². The Kier molecular flexibility index (Phi) is 2.69. The molecule has 0 aliphatic heterocycles. The van der Waals surface area contributed by atoms with Crippen LogP contribution in [0.4, 0.5) is 8.78 Å². The van der Waals surface area contributed by atoms with Crippen molar-refractivity contribution in [2.45, 2.75) is 18.9 Å². The first-order valence-electron chi connectivity index (χ1n) is 3.48. The smallest absolute Gasteiger partial charge is 0.253 e. The SMILES string of the molecule is Cn1nncc1CC(N)C(F)F. The van der Waals surface area contributed by atoms with Crippen molar-refractivity contribution in [3.05, 3.63) is 11.9 Å². The van der Waals surface area contributed by atoms with Gasteiger partial charge in [-0.1, -0.05) is 5.21 Å². The molecule has 2 N–H and O–H groups in total. The van der Waals surface area contributed by atoms with Gasteiger partial charge in [-0.3, -0.25) is 4.68 Å². The molecule has 0 bridgehead atoms. The minimum Gasteiger partial charge on any atom is -0.323 e. The van der Waals surface area contributed by atoms with Crippen LogP contribution in [0.1, 0.15) is 5.69 Å². The molecular weight excluding hydrogens is 166 g/mol. The fourth-order valence-corrected chi connectivity index (χ4v) is 0.826. The highest BCUT2D eigenvalue weighted by molar-refractivity contribution is 4.96. The minimum absolute atomic E-state index is 0.0984. The highest BCUT2D eigenvalue weighted by Gasteiger charge is 2.17. The number of alkyl halides is 2. The molecule has 0 amide bonds. The molecule has 0 radical (unpaired) electrons. The van der Waals surface area contributed by atoms with Gasteiger partial charge in [-0.2, -0.15) is 0 Å². The highest BCUT2D eigenvalue weighted by atomic mass is 19.3. The number of halogens is 2. The van der Waals surface area contributed by atoms with Crippen molar-refractivity contribution in [2.75, 3.05) is 0 Å². The second-order valence-electron chi connectivity index (χ2n) is 2.55. The van der Waals surface area contributed by atoms with Crippen LogP contribution in [0.25, 0.3) is 0 Å². The van der Waals surface area contributed by atoms with Crippen LogP contribution in [0.3, 0.4) is 0 Å². The average Bonchev–Trinajstić information content (AvgIpc) is 2.36. The van der Waals surface area contributed by atoms with E-state index in [4.69, 9.17) is 5.73 Å². The van der Waals surface area contributed by atoms with E-state index in [1.807, 2.05) is 0 Å². The topological polar surface area (TPSA) is 56.7 Å². The summed E-state index contributed by atoms with van der Waals surface area (Å²) in [5.74, 6) is 0. The van der Waals surface area contributed by atoms with Crippen molar-refractivity contribution in [3.63, 3.8) is 0 Å². The number of aromatic nitrogens is 3. The van der Waals surface area contributed by atoms with Gasteiger partial charge in [-0.25, -0.2) is 8.78 Å². The van der Waals surface area contributed by atoms with Gasteiger partial charge in [0.15, 0.2) is 0 Å². The lowest BCUT2D eigenvalue weighted by Gasteiger charge is -2.08. The third kappa shape index (κ3) is 1.97. The normalized spacial score (nSPS) is 13.8. The van der Waals surface area contributed by atoms with Gasteiger partial charge < -0.3 is 5.73 Å². The number of hydrogen-bond acceptors (Lipinski definition) is 3. The van der Waals surface area contributed by atoms with Gasteiger partial charge in [0.1, 0.15) is 0 Å². The Balaban J connectivity index is 2.58. The third-order valence-electron chi connectivity index (χ3n) is 1.58. The Bertz CT molecular complexity index is 247. The van der Waals surface area contributed by atoms with Crippen LogP contribution in [0, 0.1) is 0 Å². The molecule has 1 aromatic heterocycles. The summed E-state index contributed by atoms with van der Waals surface area (Å²) in [4.78, 5) is 0. The quantitative estimate of drug-likeness (QED) is 0.702. The number of rotatable bonds is 3. The standard InChI is InChI=1S/C6H10F2N4/c1-12-4(3-10-11-12)2-5(9)6(7)8/h3,5-6H,2,9H2,1H3. The number of nitrogens with two attached hydrogens (primary N) is 1. The van der Waals surface area contributed by atoms with E-state index in [0.29, 0.717) is 5.69 Å². The van der Waals surface area contributed by atoms with Crippen molar-refractivity contribution in [2.24, 2.45) is 12.8 Å².